The minimum absolute atomic E-state index is 0. The van der Waals surface area contributed by atoms with E-state index in [-0.39, 0.29) is 23.6 Å². The predicted molar refractivity (Wildman–Crippen MR) is 87.8 cm³/mol. The molecule has 6 heteroatoms. The first kappa shape index (κ1) is 16.9. The summed E-state index contributed by atoms with van der Waals surface area (Å²) in [5.74, 6) is -0.232. The number of hydrogen-bond acceptors (Lipinski definition) is 3. The van der Waals surface area contributed by atoms with E-state index in [2.05, 4.69) is 16.9 Å². The number of nitrogens with two attached hydrogens (primary N) is 1. The van der Waals surface area contributed by atoms with Crippen molar-refractivity contribution >= 4 is 12.4 Å². The van der Waals surface area contributed by atoms with Gasteiger partial charge in [-0.3, -0.25) is 4.90 Å². The third-order valence-corrected chi connectivity index (χ3v) is 4.25. The summed E-state index contributed by atoms with van der Waals surface area (Å²) in [7, 11) is 0. The van der Waals surface area contributed by atoms with Crippen LogP contribution < -0.4 is 5.73 Å². The van der Waals surface area contributed by atoms with Gasteiger partial charge in [0, 0.05) is 19.3 Å². The lowest BCUT2D eigenvalue weighted by Gasteiger charge is -2.22. The van der Waals surface area contributed by atoms with Crippen LogP contribution in [0.4, 0.5) is 4.39 Å². The van der Waals surface area contributed by atoms with Gasteiger partial charge in [-0.05, 0) is 55.3 Å². The monoisotopic (exact) mass is 324 g/mol. The molecule has 0 amide bonds. The average Bonchev–Trinajstić information content (AvgIpc) is 3.08. The first-order valence-corrected chi connectivity index (χ1v) is 7.31. The summed E-state index contributed by atoms with van der Waals surface area (Å²) in [6, 6.07) is 8.37. The Labute approximate surface area is 136 Å². The summed E-state index contributed by atoms with van der Waals surface area (Å²) >= 11 is 0. The molecule has 0 aliphatic carbocycles. The second kappa shape index (κ2) is 6.77. The van der Waals surface area contributed by atoms with Crippen LogP contribution in [0.25, 0.3) is 5.69 Å². The molecule has 1 aromatic heterocycles. The molecule has 1 aromatic carbocycles. The Hall–Kier alpha value is -1.43. The van der Waals surface area contributed by atoms with Crippen LogP contribution in [0, 0.1) is 11.2 Å². The highest BCUT2D eigenvalue weighted by atomic mass is 35.5. The molecule has 1 atom stereocenters. The molecular weight excluding hydrogens is 303 g/mol. The molecule has 0 spiro atoms. The molecule has 1 saturated heterocycles. The number of nitrogens with zero attached hydrogens (tertiary/aromatic N) is 3. The molecule has 1 unspecified atom stereocenters. The smallest absolute Gasteiger partial charge is 0.123 e. The van der Waals surface area contributed by atoms with Crippen LogP contribution in [-0.2, 0) is 6.54 Å². The number of aromatic nitrogens is 2. The molecule has 2 N–H and O–H groups in total. The Morgan fingerprint density at radius 1 is 1.27 bits per heavy atom. The molecule has 2 heterocycles. The number of likely N-dealkylation sites (tertiary alicyclic amines) is 1. The maximum atomic E-state index is 12.9. The number of benzene rings is 1. The van der Waals surface area contributed by atoms with Crippen LogP contribution in [0.2, 0.25) is 0 Å². The standard InChI is InChI=1S/C16H21FN4.ClH/c1-16(11-18)7-9-20(12-16)10-14-6-8-21(19-14)15-4-2-13(17)3-5-15;/h2-6,8H,7,9-12,18H2,1H3;1H. The molecule has 1 aliphatic heterocycles. The van der Waals surface area contributed by atoms with Crippen molar-refractivity contribution in [3.63, 3.8) is 0 Å². The lowest BCUT2D eigenvalue weighted by atomic mass is 9.90. The van der Waals surface area contributed by atoms with Crippen molar-refractivity contribution in [2.45, 2.75) is 19.9 Å². The summed E-state index contributed by atoms with van der Waals surface area (Å²) in [5.41, 5.74) is 7.97. The first-order chi connectivity index (χ1) is 10.1. The summed E-state index contributed by atoms with van der Waals surface area (Å²) < 4.78 is 14.7. The van der Waals surface area contributed by atoms with Gasteiger partial charge in [-0.1, -0.05) is 6.92 Å². The third-order valence-electron chi connectivity index (χ3n) is 4.25. The molecule has 22 heavy (non-hydrogen) atoms. The fourth-order valence-corrected chi connectivity index (χ4v) is 2.84. The van der Waals surface area contributed by atoms with E-state index >= 15 is 0 Å². The van der Waals surface area contributed by atoms with E-state index < -0.39 is 0 Å². The van der Waals surface area contributed by atoms with Gasteiger partial charge in [-0.2, -0.15) is 5.10 Å². The Morgan fingerprint density at radius 2 is 2.00 bits per heavy atom. The zero-order valence-electron chi connectivity index (χ0n) is 12.7. The quantitative estimate of drug-likeness (QED) is 0.940. The van der Waals surface area contributed by atoms with E-state index in [0.29, 0.717) is 0 Å². The topological polar surface area (TPSA) is 47.1 Å². The zero-order chi connectivity index (χ0) is 14.9. The van der Waals surface area contributed by atoms with Gasteiger partial charge in [0.05, 0.1) is 11.4 Å². The lowest BCUT2D eigenvalue weighted by Crippen LogP contribution is -2.31. The van der Waals surface area contributed by atoms with Crippen molar-refractivity contribution in [3.8, 4) is 5.69 Å². The minimum atomic E-state index is -0.232. The predicted octanol–water partition coefficient (Wildman–Crippen LogP) is 2.60. The van der Waals surface area contributed by atoms with E-state index in [4.69, 9.17) is 5.73 Å². The first-order valence-electron chi connectivity index (χ1n) is 7.31. The number of rotatable bonds is 4. The second-order valence-electron chi connectivity index (χ2n) is 6.20. The average molecular weight is 325 g/mol. The summed E-state index contributed by atoms with van der Waals surface area (Å²) in [6.07, 6.45) is 3.06. The third kappa shape index (κ3) is 3.66. The van der Waals surface area contributed by atoms with E-state index in [9.17, 15) is 4.39 Å². The summed E-state index contributed by atoms with van der Waals surface area (Å²) in [4.78, 5) is 2.39. The highest BCUT2D eigenvalue weighted by molar-refractivity contribution is 5.85. The second-order valence-corrected chi connectivity index (χ2v) is 6.20. The summed E-state index contributed by atoms with van der Waals surface area (Å²) in [5, 5.41) is 4.57. The van der Waals surface area contributed by atoms with Crippen molar-refractivity contribution < 1.29 is 4.39 Å². The van der Waals surface area contributed by atoms with Gasteiger partial charge in [-0.15, -0.1) is 12.4 Å². The largest absolute Gasteiger partial charge is 0.330 e. The molecule has 1 fully saturated rings. The number of hydrogen-bond donors (Lipinski definition) is 1. The van der Waals surface area contributed by atoms with Crippen LogP contribution >= 0.6 is 12.4 Å². The van der Waals surface area contributed by atoms with Crippen molar-refractivity contribution in [1.29, 1.82) is 0 Å². The molecular formula is C16H22ClFN4. The molecule has 2 aromatic rings. The van der Waals surface area contributed by atoms with Crippen LogP contribution in [0.3, 0.4) is 0 Å². The fraction of sp³-hybridized carbons (Fsp3) is 0.438. The van der Waals surface area contributed by atoms with Crippen LogP contribution in [-0.4, -0.2) is 34.3 Å². The Kier molecular flexibility index (Phi) is 5.21. The molecule has 3 rings (SSSR count). The molecule has 1 aliphatic rings. The lowest BCUT2D eigenvalue weighted by molar-refractivity contribution is 0.271. The van der Waals surface area contributed by atoms with Gasteiger partial charge in [0.1, 0.15) is 5.82 Å². The molecule has 0 bridgehead atoms. The Balaban J connectivity index is 0.00000176. The maximum absolute atomic E-state index is 12.9. The van der Waals surface area contributed by atoms with E-state index in [1.807, 2.05) is 12.3 Å². The minimum Gasteiger partial charge on any atom is -0.330 e. The van der Waals surface area contributed by atoms with Crippen molar-refractivity contribution in [1.82, 2.24) is 14.7 Å². The van der Waals surface area contributed by atoms with E-state index in [1.54, 1.807) is 16.8 Å². The highest BCUT2D eigenvalue weighted by Gasteiger charge is 2.32. The van der Waals surface area contributed by atoms with Crippen LogP contribution in [0.5, 0.6) is 0 Å². The van der Waals surface area contributed by atoms with Crippen LogP contribution in [0.15, 0.2) is 36.5 Å². The molecule has 4 nitrogen and oxygen atoms in total. The molecule has 0 saturated carbocycles. The van der Waals surface area contributed by atoms with Gasteiger partial charge < -0.3 is 5.73 Å². The number of halogens is 2. The van der Waals surface area contributed by atoms with Gasteiger partial charge in [0.2, 0.25) is 0 Å². The summed E-state index contributed by atoms with van der Waals surface area (Å²) in [6.45, 7) is 5.89. The van der Waals surface area contributed by atoms with Gasteiger partial charge in [-0.25, -0.2) is 9.07 Å². The zero-order valence-corrected chi connectivity index (χ0v) is 13.5. The van der Waals surface area contributed by atoms with E-state index in [1.165, 1.54) is 12.1 Å². The fourth-order valence-electron chi connectivity index (χ4n) is 2.84. The SMILES string of the molecule is CC1(CN)CCN(Cc2ccn(-c3ccc(F)cc3)n2)C1.Cl. The van der Waals surface area contributed by atoms with Crippen molar-refractivity contribution in [2.24, 2.45) is 11.1 Å². The Morgan fingerprint density at radius 3 is 2.64 bits per heavy atom. The van der Waals surface area contributed by atoms with Gasteiger partial charge >= 0.3 is 0 Å². The maximum Gasteiger partial charge on any atom is 0.123 e. The van der Waals surface area contributed by atoms with Crippen LogP contribution in [0.1, 0.15) is 19.0 Å². The molecule has 120 valence electrons. The van der Waals surface area contributed by atoms with E-state index in [0.717, 1.165) is 44.0 Å². The van der Waals surface area contributed by atoms with Gasteiger partial charge in [0.15, 0.2) is 0 Å². The highest BCUT2D eigenvalue weighted by Crippen LogP contribution is 2.29. The Bertz CT molecular complexity index is 613. The van der Waals surface area contributed by atoms with Crippen molar-refractivity contribution in [3.05, 3.63) is 48.0 Å². The molecule has 0 radical (unpaired) electrons. The van der Waals surface area contributed by atoms with Crippen molar-refractivity contribution in [2.75, 3.05) is 19.6 Å². The van der Waals surface area contributed by atoms with Gasteiger partial charge in [0.25, 0.3) is 0 Å². The normalized spacial score (nSPS) is 21.8.